The predicted molar refractivity (Wildman–Crippen MR) is 63.0 cm³/mol. The third kappa shape index (κ3) is 3.47. The Morgan fingerprint density at radius 1 is 1.21 bits per heavy atom. The summed E-state index contributed by atoms with van der Waals surface area (Å²) in [5.41, 5.74) is 0.516. The van der Waals surface area contributed by atoms with Crippen molar-refractivity contribution in [3.8, 4) is 0 Å². The lowest BCUT2D eigenvalue weighted by Crippen LogP contribution is -2.40. The van der Waals surface area contributed by atoms with Gasteiger partial charge in [0.05, 0.1) is 0 Å². The van der Waals surface area contributed by atoms with Gasteiger partial charge in [-0.3, -0.25) is 4.79 Å². The summed E-state index contributed by atoms with van der Waals surface area (Å²) >= 11 is 0. The van der Waals surface area contributed by atoms with E-state index in [1.165, 1.54) is 0 Å². The lowest BCUT2D eigenvalue weighted by Gasteiger charge is -2.20. The molecule has 1 aromatic rings. The minimum Gasteiger partial charge on any atom is -0.347 e. The highest BCUT2D eigenvalue weighted by Gasteiger charge is 2.14. The summed E-state index contributed by atoms with van der Waals surface area (Å²) in [4.78, 5) is 11.7. The molecule has 1 amide bonds. The zero-order chi connectivity index (χ0) is 10.8. The SMILES string of the molecule is CC(C)(C)NC(=O)c1ccc(P)cc1. The van der Waals surface area contributed by atoms with E-state index in [4.69, 9.17) is 0 Å². The summed E-state index contributed by atoms with van der Waals surface area (Å²) in [6.45, 7) is 5.90. The van der Waals surface area contributed by atoms with E-state index in [-0.39, 0.29) is 11.4 Å². The first-order valence-corrected chi connectivity index (χ1v) is 5.14. The maximum absolute atomic E-state index is 11.7. The fraction of sp³-hybridized carbons (Fsp3) is 0.364. The van der Waals surface area contributed by atoms with E-state index < -0.39 is 0 Å². The van der Waals surface area contributed by atoms with Crippen LogP contribution in [0.2, 0.25) is 0 Å². The van der Waals surface area contributed by atoms with Gasteiger partial charge in [-0.1, -0.05) is 12.1 Å². The molecule has 0 aliphatic rings. The van der Waals surface area contributed by atoms with Crippen molar-refractivity contribution in [1.82, 2.24) is 5.32 Å². The molecule has 0 radical (unpaired) electrons. The summed E-state index contributed by atoms with van der Waals surface area (Å²) in [5.74, 6) is -0.0255. The number of nitrogens with one attached hydrogen (secondary N) is 1. The van der Waals surface area contributed by atoms with E-state index in [9.17, 15) is 4.79 Å². The topological polar surface area (TPSA) is 29.1 Å². The molecule has 1 atom stereocenters. The van der Waals surface area contributed by atoms with Crippen LogP contribution >= 0.6 is 9.24 Å². The van der Waals surface area contributed by atoms with Gasteiger partial charge in [-0.05, 0) is 38.2 Å². The van der Waals surface area contributed by atoms with Crippen LogP contribution in [0.4, 0.5) is 0 Å². The molecule has 0 aliphatic heterocycles. The molecule has 0 heterocycles. The Morgan fingerprint density at radius 2 is 1.71 bits per heavy atom. The smallest absolute Gasteiger partial charge is 0.251 e. The number of benzene rings is 1. The van der Waals surface area contributed by atoms with Crippen molar-refractivity contribution in [2.24, 2.45) is 0 Å². The highest BCUT2D eigenvalue weighted by molar-refractivity contribution is 7.27. The second-order valence-corrected chi connectivity index (χ2v) is 4.99. The Kier molecular flexibility index (Phi) is 3.28. The quantitative estimate of drug-likeness (QED) is 0.701. The van der Waals surface area contributed by atoms with Gasteiger partial charge in [0.1, 0.15) is 0 Å². The van der Waals surface area contributed by atoms with Gasteiger partial charge in [-0.2, -0.15) is 0 Å². The Morgan fingerprint density at radius 3 is 2.14 bits per heavy atom. The molecule has 14 heavy (non-hydrogen) atoms. The van der Waals surface area contributed by atoms with Crippen LogP contribution in [0.1, 0.15) is 31.1 Å². The molecule has 1 unspecified atom stereocenters. The minimum absolute atomic E-state index is 0.0255. The summed E-state index contributed by atoms with van der Waals surface area (Å²) in [6.07, 6.45) is 0. The molecule has 0 bridgehead atoms. The highest BCUT2D eigenvalue weighted by Crippen LogP contribution is 2.04. The van der Waals surface area contributed by atoms with Crippen LogP contribution in [0.15, 0.2) is 24.3 Å². The largest absolute Gasteiger partial charge is 0.347 e. The molecule has 0 saturated heterocycles. The Hall–Kier alpha value is -0.880. The zero-order valence-corrected chi connectivity index (χ0v) is 9.95. The van der Waals surface area contributed by atoms with Gasteiger partial charge in [-0.15, -0.1) is 9.24 Å². The van der Waals surface area contributed by atoms with Crippen molar-refractivity contribution in [1.29, 1.82) is 0 Å². The first-order chi connectivity index (χ1) is 6.38. The first kappa shape index (κ1) is 11.2. The number of carbonyl (C=O) groups excluding carboxylic acids is 1. The monoisotopic (exact) mass is 209 g/mol. The maximum Gasteiger partial charge on any atom is 0.251 e. The molecule has 76 valence electrons. The van der Waals surface area contributed by atoms with Crippen LogP contribution < -0.4 is 10.6 Å². The molecule has 1 aromatic carbocycles. The predicted octanol–water partition coefficient (Wildman–Crippen LogP) is 1.72. The van der Waals surface area contributed by atoms with Crippen LogP contribution in [0.25, 0.3) is 0 Å². The Balaban J connectivity index is 2.76. The molecule has 0 aliphatic carbocycles. The summed E-state index contributed by atoms with van der Waals surface area (Å²) in [6, 6.07) is 7.46. The van der Waals surface area contributed by atoms with Crippen molar-refractivity contribution >= 4 is 20.5 Å². The van der Waals surface area contributed by atoms with Crippen LogP contribution in [0, 0.1) is 0 Å². The molecule has 0 spiro atoms. The fourth-order valence-corrected chi connectivity index (χ4v) is 1.24. The lowest BCUT2D eigenvalue weighted by atomic mass is 10.1. The fourth-order valence-electron chi connectivity index (χ4n) is 1.05. The minimum atomic E-state index is -0.184. The molecule has 0 aromatic heterocycles. The van der Waals surface area contributed by atoms with E-state index in [0.717, 1.165) is 5.30 Å². The van der Waals surface area contributed by atoms with E-state index in [2.05, 4.69) is 14.6 Å². The van der Waals surface area contributed by atoms with Gasteiger partial charge >= 0.3 is 0 Å². The molecule has 2 nitrogen and oxygen atoms in total. The van der Waals surface area contributed by atoms with Crippen molar-refractivity contribution in [2.45, 2.75) is 26.3 Å². The molecule has 0 saturated carbocycles. The molecular weight excluding hydrogens is 193 g/mol. The average molecular weight is 209 g/mol. The van der Waals surface area contributed by atoms with Gasteiger partial charge in [0.25, 0.3) is 5.91 Å². The normalized spacial score (nSPS) is 11.1. The number of rotatable bonds is 1. The number of hydrogen-bond acceptors (Lipinski definition) is 1. The molecule has 1 N–H and O–H groups in total. The molecule has 3 heteroatoms. The van der Waals surface area contributed by atoms with Crippen molar-refractivity contribution in [3.63, 3.8) is 0 Å². The molecule has 1 rings (SSSR count). The van der Waals surface area contributed by atoms with Crippen molar-refractivity contribution < 1.29 is 4.79 Å². The van der Waals surface area contributed by atoms with E-state index >= 15 is 0 Å². The van der Waals surface area contributed by atoms with Gasteiger partial charge < -0.3 is 5.32 Å². The number of hydrogen-bond donors (Lipinski definition) is 1. The van der Waals surface area contributed by atoms with E-state index in [1.54, 1.807) is 0 Å². The maximum atomic E-state index is 11.7. The Labute approximate surface area is 87.3 Å². The van der Waals surface area contributed by atoms with E-state index in [0.29, 0.717) is 5.56 Å². The van der Waals surface area contributed by atoms with Crippen LogP contribution in [-0.4, -0.2) is 11.4 Å². The van der Waals surface area contributed by atoms with Crippen LogP contribution in [0.5, 0.6) is 0 Å². The third-order valence-corrected chi connectivity index (χ3v) is 2.05. The first-order valence-electron chi connectivity index (χ1n) is 4.56. The summed E-state index contributed by atoms with van der Waals surface area (Å²) in [7, 11) is 2.59. The zero-order valence-electron chi connectivity index (χ0n) is 8.79. The molecule has 0 fully saturated rings. The van der Waals surface area contributed by atoms with Crippen molar-refractivity contribution in [3.05, 3.63) is 29.8 Å². The van der Waals surface area contributed by atoms with Crippen molar-refractivity contribution in [2.75, 3.05) is 0 Å². The summed E-state index contributed by atoms with van der Waals surface area (Å²) < 4.78 is 0. The van der Waals surface area contributed by atoms with Gasteiger partial charge in [-0.25, -0.2) is 0 Å². The van der Waals surface area contributed by atoms with Gasteiger partial charge in [0.15, 0.2) is 0 Å². The van der Waals surface area contributed by atoms with Gasteiger partial charge in [0.2, 0.25) is 0 Å². The average Bonchev–Trinajstić information content (AvgIpc) is 2.02. The number of amides is 1. The van der Waals surface area contributed by atoms with Crippen LogP contribution in [-0.2, 0) is 0 Å². The highest BCUT2D eigenvalue weighted by atomic mass is 31.0. The standard InChI is InChI=1S/C11H16NOP/c1-11(2,3)12-10(13)8-4-6-9(14)7-5-8/h4-7H,14H2,1-3H3,(H,12,13). The molecular formula is C11H16NOP. The second-order valence-electron chi connectivity index (χ2n) is 4.33. The van der Waals surface area contributed by atoms with Crippen LogP contribution in [0.3, 0.4) is 0 Å². The second kappa shape index (κ2) is 4.10. The lowest BCUT2D eigenvalue weighted by molar-refractivity contribution is 0.0919. The third-order valence-electron chi connectivity index (χ3n) is 1.66. The van der Waals surface area contributed by atoms with E-state index in [1.807, 2.05) is 45.0 Å². The number of carbonyl (C=O) groups is 1. The summed E-state index contributed by atoms with van der Waals surface area (Å²) in [5, 5.41) is 3.99. The van der Waals surface area contributed by atoms with Gasteiger partial charge in [0, 0.05) is 11.1 Å². The Bertz CT molecular complexity index is 324.